The minimum atomic E-state index is -0.109. The summed E-state index contributed by atoms with van der Waals surface area (Å²) >= 11 is 0. The van der Waals surface area contributed by atoms with Gasteiger partial charge in [-0.15, -0.1) is 0 Å². The second-order valence-electron chi connectivity index (χ2n) is 15.6. The largest absolute Gasteiger partial charge is 0.393 e. The van der Waals surface area contributed by atoms with E-state index >= 15 is 0 Å². The average molecular weight is 473 g/mol. The minimum Gasteiger partial charge on any atom is -0.393 e. The Labute approximate surface area is 209 Å². The Balaban J connectivity index is 1.20. The van der Waals surface area contributed by atoms with Crippen LogP contribution in [0.3, 0.4) is 0 Å². The van der Waals surface area contributed by atoms with Crippen LogP contribution < -0.4 is 0 Å². The summed E-state index contributed by atoms with van der Waals surface area (Å²) in [4.78, 5) is 0. The van der Waals surface area contributed by atoms with E-state index in [9.17, 15) is 5.11 Å². The normalized spacial score (nSPS) is 53.4. The van der Waals surface area contributed by atoms with Gasteiger partial charge in [0.25, 0.3) is 0 Å². The van der Waals surface area contributed by atoms with E-state index in [0.29, 0.717) is 28.5 Å². The van der Waals surface area contributed by atoms with Gasteiger partial charge in [0.1, 0.15) is 0 Å². The number of hydrogen-bond donors (Lipinski definition) is 1. The van der Waals surface area contributed by atoms with Crippen molar-refractivity contribution >= 4 is 0 Å². The summed E-state index contributed by atoms with van der Waals surface area (Å²) in [6, 6.07) is 0. The third-order valence-electron chi connectivity index (χ3n) is 12.9. The molecule has 2 spiro atoms. The van der Waals surface area contributed by atoms with Crippen molar-refractivity contribution in [3.8, 4) is 0 Å². The Kier molecular flexibility index (Phi) is 5.32. The first-order valence-corrected chi connectivity index (χ1v) is 14.9. The zero-order valence-electron chi connectivity index (χ0n) is 23.2. The molecule has 3 heteroatoms. The lowest BCUT2D eigenvalue weighted by molar-refractivity contribution is -0.143. The topological polar surface area (TPSA) is 38.7 Å². The molecule has 6 fully saturated rings. The standard InChI is InChI=1S/C31H52O3/c1-19(2)34-27(3,4)17-20-8-9-22-24(33-20)16-23-21-10-11-25-28(5,6)26(32)12-13-31(25)18-30(21,31)15-14-29(22,23)7/h19-26,32H,8-18H2,1-7H3. The van der Waals surface area contributed by atoms with E-state index in [1.54, 1.807) is 0 Å². The van der Waals surface area contributed by atoms with Crippen LogP contribution in [0.25, 0.3) is 0 Å². The van der Waals surface area contributed by atoms with Crippen molar-refractivity contribution in [1.29, 1.82) is 0 Å². The Morgan fingerprint density at radius 2 is 1.65 bits per heavy atom. The van der Waals surface area contributed by atoms with E-state index in [-0.39, 0.29) is 23.2 Å². The van der Waals surface area contributed by atoms with Crippen molar-refractivity contribution in [3.05, 3.63) is 0 Å². The third-order valence-corrected chi connectivity index (χ3v) is 12.9. The lowest BCUT2D eigenvalue weighted by atomic mass is 9.46. The van der Waals surface area contributed by atoms with E-state index in [2.05, 4.69) is 48.5 Å². The van der Waals surface area contributed by atoms with Crippen molar-refractivity contribution in [2.24, 2.45) is 45.3 Å². The molecular weight excluding hydrogens is 420 g/mol. The zero-order chi connectivity index (χ0) is 24.3. The fourth-order valence-electron chi connectivity index (χ4n) is 11.7. The summed E-state index contributed by atoms with van der Waals surface area (Å²) < 4.78 is 13.2. The summed E-state index contributed by atoms with van der Waals surface area (Å²) in [5, 5.41) is 10.9. The van der Waals surface area contributed by atoms with Gasteiger partial charge in [0.15, 0.2) is 0 Å². The summed E-state index contributed by atoms with van der Waals surface area (Å²) in [6.45, 7) is 16.2. The fraction of sp³-hybridized carbons (Fsp3) is 1.00. The first-order valence-electron chi connectivity index (χ1n) is 14.9. The average Bonchev–Trinajstić information content (AvgIpc) is 3.30. The summed E-state index contributed by atoms with van der Waals surface area (Å²) in [7, 11) is 0. The number of rotatable bonds is 4. The van der Waals surface area contributed by atoms with Crippen LogP contribution >= 0.6 is 0 Å². The van der Waals surface area contributed by atoms with Crippen LogP contribution in [-0.2, 0) is 9.47 Å². The van der Waals surface area contributed by atoms with Crippen LogP contribution in [0.15, 0.2) is 0 Å². The molecule has 0 bridgehead atoms. The Morgan fingerprint density at radius 1 is 0.912 bits per heavy atom. The Hall–Kier alpha value is -0.120. The summed E-state index contributed by atoms with van der Waals surface area (Å²) in [5.41, 5.74) is 1.61. The van der Waals surface area contributed by atoms with Gasteiger partial charge in [-0.1, -0.05) is 20.8 Å². The maximum Gasteiger partial charge on any atom is 0.0654 e. The van der Waals surface area contributed by atoms with Gasteiger partial charge in [0, 0.05) is 6.42 Å². The monoisotopic (exact) mass is 472 g/mol. The van der Waals surface area contributed by atoms with Gasteiger partial charge >= 0.3 is 0 Å². The number of ether oxygens (including phenoxy) is 2. The van der Waals surface area contributed by atoms with Crippen LogP contribution in [0.1, 0.15) is 119 Å². The molecule has 10 unspecified atom stereocenters. The molecule has 0 aromatic heterocycles. The fourth-order valence-corrected chi connectivity index (χ4v) is 11.7. The maximum atomic E-state index is 10.9. The van der Waals surface area contributed by atoms with Crippen molar-refractivity contribution in [1.82, 2.24) is 0 Å². The molecule has 1 aliphatic heterocycles. The molecule has 0 amide bonds. The molecule has 34 heavy (non-hydrogen) atoms. The molecule has 0 radical (unpaired) electrons. The highest BCUT2D eigenvalue weighted by Gasteiger charge is 2.80. The predicted molar refractivity (Wildman–Crippen MR) is 136 cm³/mol. The van der Waals surface area contributed by atoms with Gasteiger partial charge in [-0.3, -0.25) is 0 Å². The molecule has 0 aromatic rings. The van der Waals surface area contributed by atoms with Crippen LogP contribution in [0, 0.1) is 45.3 Å². The van der Waals surface area contributed by atoms with Gasteiger partial charge < -0.3 is 14.6 Å². The van der Waals surface area contributed by atoms with Gasteiger partial charge in [-0.05, 0) is 137 Å². The molecular formula is C31H52O3. The van der Waals surface area contributed by atoms with Gasteiger partial charge in [0.2, 0.25) is 0 Å². The second-order valence-corrected chi connectivity index (χ2v) is 15.6. The van der Waals surface area contributed by atoms with Crippen molar-refractivity contribution < 1.29 is 14.6 Å². The Morgan fingerprint density at radius 3 is 2.38 bits per heavy atom. The molecule has 1 N–H and O–H groups in total. The summed E-state index contributed by atoms with van der Waals surface area (Å²) in [6.07, 6.45) is 15.3. The molecule has 5 aliphatic carbocycles. The molecule has 6 aliphatic rings. The number of fused-ring (bicyclic) bond motifs is 4. The van der Waals surface area contributed by atoms with Gasteiger partial charge in [0.05, 0.1) is 30.0 Å². The van der Waals surface area contributed by atoms with Gasteiger partial charge in [-0.2, -0.15) is 0 Å². The number of aliphatic hydroxyl groups is 1. The van der Waals surface area contributed by atoms with Gasteiger partial charge in [-0.25, -0.2) is 0 Å². The first kappa shape index (κ1) is 24.2. The highest BCUT2D eigenvalue weighted by atomic mass is 16.5. The Bertz CT molecular complexity index is 817. The quantitative estimate of drug-likeness (QED) is 0.472. The van der Waals surface area contributed by atoms with Crippen LogP contribution in [-0.4, -0.2) is 35.1 Å². The van der Waals surface area contributed by atoms with E-state index in [0.717, 1.165) is 36.5 Å². The van der Waals surface area contributed by atoms with Crippen molar-refractivity contribution in [3.63, 3.8) is 0 Å². The van der Waals surface area contributed by atoms with Crippen LogP contribution in [0.2, 0.25) is 0 Å². The van der Waals surface area contributed by atoms with E-state index in [1.165, 1.54) is 57.8 Å². The molecule has 5 saturated carbocycles. The van der Waals surface area contributed by atoms with Crippen molar-refractivity contribution in [2.75, 3.05) is 0 Å². The first-order chi connectivity index (χ1) is 15.8. The van der Waals surface area contributed by atoms with E-state index in [4.69, 9.17) is 9.47 Å². The van der Waals surface area contributed by atoms with Crippen molar-refractivity contribution in [2.45, 2.75) is 149 Å². The van der Waals surface area contributed by atoms with E-state index in [1.807, 2.05) is 0 Å². The lowest BCUT2D eigenvalue weighted by Gasteiger charge is -2.59. The number of aliphatic hydroxyl groups excluding tert-OH is 1. The molecule has 194 valence electrons. The molecule has 0 aromatic carbocycles. The second kappa shape index (κ2) is 7.47. The molecule has 10 atom stereocenters. The van der Waals surface area contributed by atoms with Crippen LogP contribution in [0.5, 0.6) is 0 Å². The summed E-state index contributed by atoms with van der Waals surface area (Å²) in [5.74, 6) is 3.25. The number of hydrogen-bond acceptors (Lipinski definition) is 3. The smallest absolute Gasteiger partial charge is 0.0654 e. The molecule has 1 saturated heterocycles. The SMILES string of the molecule is CC(C)OC(C)(C)CC1CCC2C(CC3C4CCC5C(C)(C)C(O)CCC56CC46CCC23C)O1. The van der Waals surface area contributed by atoms with Crippen LogP contribution in [0.4, 0.5) is 0 Å². The minimum absolute atomic E-state index is 0.0956. The highest BCUT2D eigenvalue weighted by Crippen LogP contribution is 2.87. The molecule has 6 rings (SSSR count). The third kappa shape index (κ3) is 3.17. The predicted octanol–water partition coefficient (Wildman–Crippen LogP) is 7.15. The molecule has 1 heterocycles. The molecule has 3 nitrogen and oxygen atoms in total. The van der Waals surface area contributed by atoms with E-state index < -0.39 is 0 Å². The zero-order valence-corrected chi connectivity index (χ0v) is 23.2. The highest BCUT2D eigenvalue weighted by molar-refractivity contribution is 5.29. The maximum absolute atomic E-state index is 10.9. The lowest BCUT2D eigenvalue weighted by Crippen LogP contribution is -2.54.